The number of benzene rings is 2. The molecule has 34 heavy (non-hydrogen) atoms. The first-order valence-electron chi connectivity index (χ1n) is 10.0. The van der Waals surface area contributed by atoms with E-state index in [1.165, 1.54) is 36.6 Å². The van der Waals surface area contributed by atoms with E-state index in [0.717, 1.165) is 5.56 Å². The van der Waals surface area contributed by atoms with Gasteiger partial charge in [0.1, 0.15) is 16.2 Å². The summed E-state index contributed by atoms with van der Waals surface area (Å²) in [5.74, 6) is -1.66. The molecule has 2 N–H and O–H groups in total. The second-order valence-corrected chi connectivity index (χ2v) is 8.70. The second kappa shape index (κ2) is 10.7. The van der Waals surface area contributed by atoms with Crippen molar-refractivity contribution in [1.82, 2.24) is 10.6 Å². The first-order valence-corrected chi connectivity index (χ1v) is 11.4. The monoisotopic (exact) mass is 486 g/mol. The Balaban J connectivity index is 1.61. The number of carbonyl (C=O) groups is 3. The van der Waals surface area contributed by atoms with E-state index < -0.39 is 34.6 Å². The van der Waals surface area contributed by atoms with Gasteiger partial charge < -0.3 is 18.7 Å². The lowest BCUT2D eigenvalue weighted by Crippen LogP contribution is -2.41. The minimum Gasteiger partial charge on any atom is -0.467 e. The van der Waals surface area contributed by atoms with Crippen LogP contribution >= 0.6 is 0 Å². The van der Waals surface area contributed by atoms with Gasteiger partial charge in [-0.3, -0.25) is 10.1 Å². The average molecular weight is 487 g/mol. The number of hydrogen-bond acceptors (Lipinski definition) is 8. The number of esters is 1. The van der Waals surface area contributed by atoms with Crippen molar-refractivity contribution < 1.29 is 36.1 Å². The van der Waals surface area contributed by atoms with E-state index in [-0.39, 0.29) is 22.8 Å². The fraction of sp³-hybridized carbons (Fsp3) is 0.174. The molecule has 0 fully saturated rings. The molecule has 0 atom stereocenters. The minimum absolute atomic E-state index is 0.0318. The Labute approximate surface area is 196 Å². The van der Waals surface area contributed by atoms with Crippen molar-refractivity contribution in [3.63, 3.8) is 0 Å². The first kappa shape index (κ1) is 24.5. The molecule has 0 bridgehead atoms. The van der Waals surface area contributed by atoms with Gasteiger partial charge in [0, 0.05) is 0 Å². The molecular weight excluding hydrogens is 464 g/mol. The van der Waals surface area contributed by atoms with Crippen molar-refractivity contribution in [3.8, 4) is 5.75 Å². The predicted molar refractivity (Wildman–Crippen MR) is 120 cm³/mol. The zero-order chi connectivity index (χ0) is 24.7. The zero-order valence-corrected chi connectivity index (χ0v) is 19.2. The van der Waals surface area contributed by atoms with Gasteiger partial charge in [0.05, 0.1) is 12.8 Å². The molecule has 3 amide bonds. The highest BCUT2D eigenvalue weighted by atomic mass is 32.2. The van der Waals surface area contributed by atoms with E-state index in [1.807, 2.05) is 5.32 Å². The molecule has 3 aromatic rings. The van der Waals surface area contributed by atoms with Crippen molar-refractivity contribution in [1.29, 1.82) is 0 Å². The number of imide groups is 1. The normalized spacial score (nSPS) is 10.9. The third-order valence-electron chi connectivity index (χ3n) is 4.51. The topological polar surface area (TPSA) is 141 Å². The van der Waals surface area contributed by atoms with Crippen LogP contribution in [0.4, 0.5) is 4.79 Å². The summed E-state index contributed by atoms with van der Waals surface area (Å²) in [4.78, 5) is 36.1. The average Bonchev–Trinajstić information content (AvgIpc) is 3.31. The summed E-state index contributed by atoms with van der Waals surface area (Å²) in [6.07, 6.45) is 1.44. The van der Waals surface area contributed by atoms with Crippen LogP contribution in [-0.2, 0) is 26.2 Å². The van der Waals surface area contributed by atoms with Gasteiger partial charge in [-0.25, -0.2) is 9.59 Å². The summed E-state index contributed by atoms with van der Waals surface area (Å²) < 4.78 is 40.8. The SMILES string of the molecule is Cc1ccc(C)c(S(=O)(=O)Oc2ccccc2C(=O)OCC(=O)NC(=O)NCc2ccco2)c1. The van der Waals surface area contributed by atoms with Crippen molar-refractivity contribution in [3.05, 3.63) is 83.3 Å². The number of furan rings is 1. The van der Waals surface area contributed by atoms with Crippen molar-refractivity contribution >= 4 is 28.0 Å². The molecule has 0 saturated heterocycles. The molecule has 0 unspecified atom stereocenters. The van der Waals surface area contributed by atoms with E-state index >= 15 is 0 Å². The Hall–Kier alpha value is -4.12. The third-order valence-corrected chi connectivity index (χ3v) is 5.89. The molecule has 0 aliphatic carbocycles. The standard InChI is InChI=1S/C23H22N2O8S/c1-15-9-10-16(2)20(12-15)34(29,30)33-19-8-4-3-7-18(19)22(27)32-14-21(26)25-23(28)24-13-17-6-5-11-31-17/h3-12H,13-14H2,1-2H3,(H2,24,25,26,28). The number of aryl methyl sites for hydroxylation is 2. The van der Waals surface area contributed by atoms with Gasteiger partial charge in [0.15, 0.2) is 12.4 Å². The lowest BCUT2D eigenvalue weighted by molar-refractivity contribution is -0.123. The fourth-order valence-electron chi connectivity index (χ4n) is 2.84. The summed E-state index contributed by atoms with van der Waals surface area (Å²) in [5, 5.41) is 4.40. The van der Waals surface area contributed by atoms with Gasteiger partial charge in [-0.2, -0.15) is 8.42 Å². The summed E-state index contributed by atoms with van der Waals surface area (Å²) in [6, 6.07) is 12.9. The molecule has 0 radical (unpaired) electrons. The third kappa shape index (κ3) is 6.45. The first-order chi connectivity index (χ1) is 16.2. The maximum atomic E-state index is 12.8. The van der Waals surface area contributed by atoms with Gasteiger partial charge in [0.2, 0.25) is 0 Å². The van der Waals surface area contributed by atoms with Crippen LogP contribution in [0.15, 0.2) is 70.2 Å². The highest BCUT2D eigenvalue weighted by Crippen LogP contribution is 2.25. The van der Waals surface area contributed by atoms with E-state index in [4.69, 9.17) is 13.3 Å². The molecular formula is C23H22N2O8S. The molecule has 178 valence electrons. The van der Waals surface area contributed by atoms with Crippen LogP contribution in [0.3, 0.4) is 0 Å². The highest BCUT2D eigenvalue weighted by molar-refractivity contribution is 7.87. The predicted octanol–water partition coefficient (Wildman–Crippen LogP) is 2.85. The number of carbonyl (C=O) groups excluding carboxylic acids is 3. The van der Waals surface area contributed by atoms with Gasteiger partial charge >= 0.3 is 22.1 Å². The summed E-state index contributed by atoms with van der Waals surface area (Å²) in [7, 11) is -4.24. The van der Waals surface area contributed by atoms with Crippen LogP contribution < -0.4 is 14.8 Å². The Bertz CT molecular complexity index is 1300. The second-order valence-electron chi connectivity index (χ2n) is 7.19. The van der Waals surface area contributed by atoms with Crippen LogP contribution in [-0.4, -0.2) is 32.9 Å². The maximum Gasteiger partial charge on any atom is 0.342 e. The molecule has 1 heterocycles. The highest BCUT2D eigenvalue weighted by Gasteiger charge is 2.24. The number of ether oxygens (including phenoxy) is 1. The lowest BCUT2D eigenvalue weighted by Gasteiger charge is -2.13. The molecule has 0 aliphatic rings. The fourth-order valence-corrected chi connectivity index (χ4v) is 4.11. The summed E-state index contributed by atoms with van der Waals surface area (Å²) in [5.41, 5.74) is 0.999. The van der Waals surface area contributed by atoms with E-state index in [1.54, 1.807) is 38.1 Å². The van der Waals surface area contributed by atoms with Crippen LogP contribution in [0, 0.1) is 13.8 Å². The maximum absolute atomic E-state index is 12.8. The van der Waals surface area contributed by atoms with Crippen LogP contribution in [0.2, 0.25) is 0 Å². The molecule has 11 heteroatoms. The van der Waals surface area contributed by atoms with Gasteiger partial charge in [-0.1, -0.05) is 24.3 Å². The smallest absolute Gasteiger partial charge is 0.342 e. The summed E-state index contributed by atoms with van der Waals surface area (Å²) >= 11 is 0. The van der Waals surface area contributed by atoms with Crippen LogP contribution in [0.5, 0.6) is 5.75 Å². The molecule has 10 nitrogen and oxygen atoms in total. The quantitative estimate of drug-likeness (QED) is 0.366. The Morgan fingerprint density at radius 1 is 1.00 bits per heavy atom. The van der Waals surface area contributed by atoms with Gasteiger partial charge in [0.25, 0.3) is 5.91 Å². The van der Waals surface area contributed by atoms with Crippen molar-refractivity contribution in [2.75, 3.05) is 6.61 Å². The summed E-state index contributed by atoms with van der Waals surface area (Å²) in [6.45, 7) is 2.65. The number of rotatable bonds is 8. The van der Waals surface area contributed by atoms with Gasteiger partial charge in [-0.05, 0) is 55.3 Å². The van der Waals surface area contributed by atoms with E-state index in [9.17, 15) is 22.8 Å². The number of hydrogen-bond donors (Lipinski definition) is 2. The van der Waals surface area contributed by atoms with E-state index in [2.05, 4.69) is 5.32 Å². The molecule has 0 aliphatic heterocycles. The number of para-hydroxylation sites is 1. The lowest BCUT2D eigenvalue weighted by atomic mass is 10.2. The van der Waals surface area contributed by atoms with E-state index in [0.29, 0.717) is 11.3 Å². The zero-order valence-electron chi connectivity index (χ0n) is 18.4. The van der Waals surface area contributed by atoms with Crippen molar-refractivity contribution in [2.45, 2.75) is 25.3 Å². The molecule has 3 rings (SSSR count). The van der Waals surface area contributed by atoms with Crippen LogP contribution in [0.1, 0.15) is 27.2 Å². The molecule has 0 spiro atoms. The minimum atomic E-state index is -4.24. The van der Waals surface area contributed by atoms with Crippen molar-refractivity contribution in [2.24, 2.45) is 0 Å². The van der Waals surface area contributed by atoms with Gasteiger partial charge in [-0.15, -0.1) is 0 Å². The number of nitrogens with one attached hydrogen (secondary N) is 2. The molecule has 2 aromatic carbocycles. The Kier molecular flexibility index (Phi) is 7.69. The largest absolute Gasteiger partial charge is 0.467 e. The Morgan fingerprint density at radius 2 is 1.76 bits per heavy atom. The van der Waals surface area contributed by atoms with Crippen LogP contribution in [0.25, 0.3) is 0 Å². The number of urea groups is 1. The number of amides is 3. The molecule has 0 saturated carbocycles. The Morgan fingerprint density at radius 3 is 2.50 bits per heavy atom. The molecule has 1 aromatic heterocycles.